The van der Waals surface area contributed by atoms with Gasteiger partial charge < -0.3 is 9.32 Å². The topological polar surface area (TPSA) is 45.5 Å². The Labute approximate surface area is 121 Å². The second-order valence-electron chi connectivity index (χ2n) is 5.86. The summed E-state index contributed by atoms with van der Waals surface area (Å²) in [4.78, 5) is 14.4. The Balaban J connectivity index is 1.94. The summed E-state index contributed by atoms with van der Waals surface area (Å²) < 4.78 is 5.56. The van der Waals surface area contributed by atoms with Gasteiger partial charge >= 0.3 is 0 Å². The van der Waals surface area contributed by atoms with Crippen molar-refractivity contribution in [3.8, 4) is 0 Å². The number of hydrogen-bond acceptors (Lipinski definition) is 3. The first-order valence-corrected chi connectivity index (χ1v) is 7.61. The molecule has 20 heavy (non-hydrogen) atoms. The monoisotopic (exact) mass is 278 g/mol. The number of amides is 1. The van der Waals surface area contributed by atoms with Crippen LogP contribution in [0.1, 0.15) is 56.2 Å². The first kappa shape index (κ1) is 15.1. The van der Waals surface area contributed by atoms with Gasteiger partial charge in [-0.3, -0.25) is 10.1 Å². The van der Waals surface area contributed by atoms with E-state index in [1.807, 2.05) is 31.7 Å². The maximum atomic E-state index is 12.4. The van der Waals surface area contributed by atoms with E-state index in [4.69, 9.17) is 4.42 Å². The Morgan fingerprint density at radius 1 is 1.25 bits per heavy atom. The fourth-order valence-electron chi connectivity index (χ4n) is 3.00. The zero-order chi connectivity index (χ0) is 14.7. The molecule has 1 amide bonds. The second kappa shape index (κ2) is 6.44. The van der Waals surface area contributed by atoms with E-state index >= 15 is 0 Å². The van der Waals surface area contributed by atoms with Crippen LogP contribution in [0.15, 0.2) is 10.5 Å². The molecule has 1 fully saturated rings. The molecular formula is C16H26N2O2. The van der Waals surface area contributed by atoms with Gasteiger partial charge in [-0.05, 0) is 53.0 Å². The fraction of sp³-hybridized carbons (Fsp3) is 0.688. The van der Waals surface area contributed by atoms with Crippen molar-refractivity contribution in [3.63, 3.8) is 0 Å². The molecule has 0 saturated carbocycles. The van der Waals surface area contributed by atoms with Crippen LogP contribution >= 0.6 is 0 Å². The van der Waals surface area contributed by atoms with Gasteiger partial charge in [0.05, 0.1) is 6.04 Å². The van der Waals surface area contributed by atoms with E-state index in [-0.39, 0.29) is 18.0 Å². The van der Waals surface area contributed by atoms with Gasteiger partial charge in [0.25, 0.3) is 0 Å². The van der Waals surface area contributed by atoms with Crippen molar-refractivity contribution < 1.29 is 9.21 Å². The number of furan rings is 1. The molecule has 2 heterocycles. The Hall–Kier alpha value is -1.29. The highest BCUT2D eigenvalue weighted by Crippen LogP contribution is 2.22. The quantitative estimate of drug-likeness (QED) is 0.921. The summed E-state index contributed by atoms with van der Waals surface area (Å²) in [6, 6.07) is 2.01. The molecule has 2 rings (SSSR count). The number of likely N-dealkylation sites (tertiary alicyclic amines) is 1. The first-order valence-electron chi connectivity index (χ1n) is 7.61. The number of aryl methyl sites for hydroxylation is 2. The predicted octanol–water partition coefficient (Wildman–Crippen LogP) is 2.95. The number of piperidine rings is 1. The fourth-order valence-corrected chi connectivity index (χ4v) is 3.00. The lowest BCUT2D eigenvalue weighted by molar-refractivity contribution is -0.134. The van der Waals surface area contributed by atoms with E-state index < -0.39 is 0 Å². The predicted molar refractivity (Wildman–Crippen MR) is 79.6 cm³/mol. The number of hydrogen-bond donors (Lipinski definition) is 1. The smallest absolute Gasteiger partial charge is 0.239 e. The Morgan fingerprint density at radius 2 is 1.90 bits per heavy atom. The van der Waals surface area contributed by atoms with Crippen LogP contribution in [0.5, 0.6) is 0 Å². The molecule has 2 atom stereocenters. The van der Waals surface area contributed by atoms with Gasteiger partial charge in [-0.25, -0.2) is 0 Å². The molecule has 0 spiro atoms. The zero-order valence-corrected chi connectivity index (χ0v) is 13.0. The van der Waals surface area contributed by atoms with Gasteiger partial charge in [-0.2, -0.15) is 0 Å². The molecule has 1 aromatic rings. The minimum atomic E-state index is -0.155. The summed E-state index contributed by atoms with van der Waals surface area (Å²) in [7, 11) is 0. The van der Waals surface area contributed by atoms with Gasteiger partial charge in [0.2, 0.25) is 5.91 Å². The van der Waals surface area contributed by atoms with Crippen molar-refractivity contribution in [1.82, 2.24) is 10.2 Å². The lowest BCUT2D eigenvalue weighted by Gasteiger charge is -2.30. The molecule has 0 bridgehead atoms. The van der Waals surface area contributed by atoms with Crippen molar-refractivity contribution in [2.24, 2.45) is 0 Å². The largest absolute Gasteiger partial charge is 0.466 e. The van der Waals surface area contributed by atoms with Crippen LogP contribution in [0.3, 0.4) is 0 Å². The lowest BCUT2D eigenvalue weighted by Crippen LogP contribution is -2.47. The van der Waals surface area contributed by atoms with Crippen LogP contribution in [-0.2, 0) is 4.79 Å². The van der Waals surface area contributed by atoms with E-state index in [9.17, 15) is 4.79 Å². The molecule has 1 aliphatic heterocycles. The van der Waals surface area contributed by atoms with Gasteiger partial charge in [0.1, 0.15) is 11.5 Å². The SMILES string of the molecule is Cc1cc(C(C)NC(C)C(=O)N2CCCCC2)c(C)o1. The van der Waals surface area contributed by atoms with Crippen LogP contribution in [0.4, 0.5) is 0 Å². The average molecular weight is 278 g/mol. The number of carbonyl (C=O) groups excluding carboxylic acids is 1. The summed E-state index contributed by atoms with van der Waals surface area (Å²) in [5.41, 5.74) is 1.14. The third-order valence-electron chi connectivity index (χ3n) is 4.08. The summed E-state index contributed by atoms with van der Waals surface area (Å²) >= 11 is 0. The third kappa shape index (κ3) is 3.42. The van der Waals surface area contributed by atoms with Crippen molar-refractivity contribution in [2.45, 2.75) is 59.0 Å². The highest BCUT2D eigenvalue weighted by molar-refractivity contribution is 5.81. The van der Waals surface area contributed by atoms with Crippen molar-refractivity contribution in [1.29, 1.82) is 0 Å². The van der Waals surface area contributed by atoms with E-state index in [0.29, 0.717) is 0 Å². The standard InChI is InChI=1S/C16H26N2O2/c1-11-10-15(14(4)20-11)12(2)17-13(3)16(19)18-8-6-5-7-9-18/h10,12-13,17H,5-9H2,1-4H3. The maximum absolute atomic E-state index is 12.4. The van der Waals surface area contributed by atoms with Gasteiger partial charge in [0.15, 0.2) is 0 Å². The van der Waals surface area contributed by atoms with Crippen molar-refractivity contribution >= 4 is 5.91 Å². The Morgan fingerprint density at radius 3 is 2.45 bits per heavy atom. The molecule has 0 aromatic carbocycles. The molecule has 4 heteroatoms. The molecule has 112 valence electrons. The molecule has 1 aromatic heterocycles. The Kier molecular flexibility index (Phi) is 4.86. The van der Waals surface area contributed by atoms with Crippen molar-refractivity contribution in [3.05, 3.63) is 23.2 Å². The summed E-state index contributed by atoms with van der Waals surface area (Å²) in [5.74, 6) is 2.07. The Bertz CT molecular complexity index is 461. The van der Waals surface area contributed by atoms with Gasteiger partial charge in [0, 0.05) is 24.7 Å². The van der Waals surface area contributed by atoms with Crippen molar-refractivity contribution in [2.75, 3.05) is 13.1 Å². The molecule has 1 aliphatic rings. The number of nitrogens with zero attached hydrogens (tertiary/aromatic N) is 1. The number of rotatable bonds is 4. The van der Waals surface area contributed by atoms with Gasteiger partial charge in [-0.1, -0.05) is 0 Å². The summed E-state index contributed by atoms with van der Waals surface area (Å²) in [5, 5.41) is 3.40. The molecule has 1 N–H and O–H groups in total. The van der Waals surface area contributed by atoms with Crippen LogP contribution in [0.2, 0.25) is 0 Å². The minimum Gasteiger partial charge on any atom is -0.466 e. The molecule has 4 nitrogen and oxygen atoms in total. The van der Waals surface area contributed by atoms with Crippen LogP contribution in [0, 0.1) is 13.8 Å². The normalized spacial score (nSPS) is 18.9. The number of carbonyl (C=O) groups is 1. The van der Waals surface area contributed by atoms with Crippen LogP contribution in [-0.4, -0.2) is 29.9 Å². The van der Waals surface area contributed by atoms with E-state index in [0.717, 1.165) is 43.0 Å². The summed E-state index contributed by atoms with van der Waals surface area (Å²) in [6.45, 7) is 9.77. The molecule has 2 unspecified atom stereocenters. The van der Waals surface area contributed by atoms with E-state index in [2.05, 4.69) is 12.2 Å². The molecule has 0 radical (unpaired) electrons. The molecule has 0 aliphatic carbocycles. The van der Waals surface area contributed by atoms with Gasteiger partial charge in [-0.15, -0.1) is 0 Å². The highest BCUT2D eigenvalue weighted by Gasteiger charge is 2.24. The maximum Gasteiger partial charge on any atom is 0.239 e. The molecular weight excluding hydrogens is 252 g/mol. The van der Waals surface area contributed by atoms with Crippen LogP contribution < -0.4 is 5.32 Å². The van der Waals surface area contributed by atoms with E-state index in [1.54, 1.807) is 0 Å². The first-order chi connectivity index (χ1) is 9.49. The number of nitrogens with one attached hydrogen (secondary N) is 1. The lowest BCUT2D eigenvalue weighted by atomic mass is 10.1. The minimum absolute atomic E-state index is 0.121. The second-order valence-corrected chi connectivity index (χ2v) is 5.86. The summed E-state index contributed by atoms with van der Waals surface area (Å²) in [6.07, 6.45) is 3.51. The highest BCUT2D eigenvalue weighted by atomic mass is 16.3. The average Bonchev–Trinajstić information content (AvgIpc) is 2.78. The third-order valence-corrected chi connectivity index (χ3v) is 4.08. The molecule has 1 saturated heterocycles. The van der Waals surface area contributed by atoms with E-state index in [1.165, 1.54) is 6.42 Å². The van der Waals surface area contributed by atoms with Crippen LogP contribution in [0.25, 0.3) is 0 Å². The zero-order valence-electron chi connectivity index (χ0n) is 13.0.